The molecule has 1 amide bonds. The summed E-state index contributed by atoms with van der Waals surface area (Å²) in [5.41, 5.74) is 1.96. The summed E-state index contributed by atoms with van der Waals surface area (Å²) in [5, 5.41) is 10.2. The van der Waals surface area contributed by atoms with E-state index in [2.05, 4.69) is 27.9 Å². The number of carbonyl (C=O) groups is 1. The minimum atomic E-state index is -0.00501. The van der Waals surface area contributed by atoms with Crippen LogP contribution in [0.15, 0.2) is 66.1 Å². The molecule has 1 fully saturated rings. The number of pyridine rings is 1. The summed E-state index contributed by atoms with van der Waals surface area (Å²) in [6.45, 7) is 2.72. The van der Waals surface area contributed by atoms with Crippen LogP contribution in [0.1, 0.15) is 35.7 Å². The predicted octanol–water partition coefficient (Wildman–Crippen LogP) is 4.20. The van der Waals surface area contributed by atoms with Gasteiger partial charge in [-0.15, -0.1) is 11.8 Å². The number of amides is 1. The fraction of sp³-hybridized carbons (Fsp3) is 0.261. The zero-order chi connectivity index (χ0) is 20.9. The summed E-state index contributed by atoms with van der Waals surface area (Å²) in [4.78, 5) is 28.5. The van der Waals surface area contributed by atoms with E-state index in [4.69, 9.17) is 5.26 Å². The molecule has 0 unspecified atom stereocenters. The van der Waals surface area contributed by atoms with Crippen molar-refractivity contribution in [2.75, 3.05) is 6.54 Å². The Balaban J connectivity index is 1.56. The number of nitriles is 1. The number of benzene rings is 1. The molecule has 4 rings (SSSR count). The molecule has 0 spiro atoms. The van der Waals surface area contributed by atoms with E-state index < -0.39 is 0 Å². The Morgan fingerprint density at radius 1 is 1.10 bits per heavy atom. The van der Waals surface area contributed by atoms with Crippen LogP contribution >= 0.6 is 11.8 Å². The van der Waals surface area contributed by atoms with Gasteiger partial charge in [0.05, 0.1) is 22.2 Å². The minimum Gasteiger partial charge on any atom is -0.335 e. The van der Waals surface area contributed by atoms with Crippen LogP contribution in [0.2, 0.25) is 0 Å². The average molecular weight is 416 g/mol. The quantitative estimate of drug-likeness (QED) is 0.635. The standard InChI is InChI=1S/C23H21N5OS/c1-16-7-8-18(30-21-13-17(14-24)9-12-25-21)15-28(16)23(29)20-6-3-2-5-19(20)22-26-10-4-11-27-22/h2-6,9-13,16,18H,7-8,15H2,1H3/t16-,18-/m1/s1. The molecule has 3 heterocycles. The highest BCUT2D eigenvalue weighted by molar-refractivity contribution is 7.99. The van der Waals surface area contributed by atoms with E-state index in [1.54, 1.807) is 48.6 Å². The van der Waals surface area contributed by atoms with E-state index in [9.17, 15) is 4.79 Å². The van der Waals surface area contributed by atoms with Crippen LogP contribution in [0.5, 0.6) is 0 Å². The predicted molar refractivity (Wildman–Crippen MR) is 116 cm³/mol. The van der Waals surface area contributed by atoms with Crippen molar-refractivity contribution in [2.45, 2.75) is 36.1 Å². The summed E-state index contributed by atoms with van der Waals surface area (Å²) in [5.74, 6) is 0.546. The van der Waals surface area contributed by atoms with E-state index in [0.29, 0.717) is 23.5 Å². The molecular weight excluding hydrogens is 394 g/mol. The van der Waals surface area contributed by atoms with Crippen molar-refractivity contribution in [2.24, 2.45) is 0 Å². The number of hydrogen-bond donors (Lipinski definition) is 0. The summed E-state index contributed by atoms with van der Waals surface area (Å²) in [6, 6.07) is 15.1. The first-order valence-corrected chi connectivity index (χ1v) is 10.7. The number of carbonyl (C=O) groups excluding carboxylic acids is 1. The minimum absolute atomic E-state index is 0.00501. The van der Waals surface area contributed by atoms with Crippen LogP contribution in [0, 0.1) is 11.3 Å². The Morgan fingerprint density at radius 2 is 1.90 bits per heavy atom. The molecule has 0 N–H and O–H groups in total. The van der Waals surface area contributed by atoms with Gasteiger partial charge in [-0.25, -0.2) is 15.0 Å². The summed E-state index contributed by atoms with van der Waals surface area (Å²) < 4.78 is 0. The Morgan fingerprint density at radius 3 is 2.70 bits per heavy atom. The van der Waals surface area contributed by atoms with Gasteiger partial charge < -0.3 is 4.90 Å². The molecule has 150 valence electrons. The molecule has 0 radical (unpaired) electrons. The van der Waals surface area contributed by atoms with Crippen LogP contribution in [-0.2, 0) is 0 Å². The summed E-state index contributed by atoms with van der Waals surface area (Å²) in [7, 11) is 0. The second-order valence-corrected chi connectivity index (χ2v) is 8.56. The first-order valence-electron chi connectivity index (χ1n) is 9.86. The van der Waals surface area contributed by atoms with E-state index in [1.165, 1.54) is 0 Å². The molecule has 0 aliphatic carbocycles. The molecule has 3 aromatic rings. The Labute approximate surface area is 180 Å². The fourth-order valence-corrected chi connectivity index (χ4v) is 4.77. The molecule has 6 nitrogen and oxygen atoms in total. The maximum absolute atomic E-state index is 13.5. The largest absolute Gasteiger partial charge is 0.335 e. The molecule has 1 aromatic carbocycles. The number of nitrogens with zero attached hydrogens (tertiary/aromatic N) is 5. The van der Waals surface area contributed by atoms with Crippen molar-refractivity contribution in [1.29, 1.82) is 5.26 Å². The number of piperidine rings is 1. The normalized spacial score (nSPS) is 18.6. The second kappa shape index (κ2) is 9.06. The van der Waals surface area contributed by atoms with Gasteiger partial charge in [-0.3, -0.25) is 4.79 Å². The number of likely N-dealkylation sites (tertiary alicyclic amines) is 1. The van der Waals surface area contributed by atoms with Crippen molar-refractivity contribution in [3.05, 3.63) is 72.2 Å². The highest BCUT2D eigenvalue weighted by atomic mass is 32.2. The highest BCUT2D eigenvalue weighted by Gasteiger charge is 2.31. The van der Waals surface area contributed by atoms with Gasteiger partial charge in [0.25, 0.3) is 5.91 Å². The first-order chi connectivity index (χ1) is 14.7. The lowest BCUT2D eigenvalue weighted by Gasteiger charge is -2.38. The molecular formula is C23H21N5OS. The van der Waals surface area contributed by atoms with E-state index in [-0.39, 0.29) is 17.2 Å². The van der Waals surface area contributed by atoms with Gasteiger partial charge in [0.2, 0.25) is 0 Å². The van der Waals surface area contributed by atoms with E-state index >= 15 is 0 Å². The van der Waals surface area contributed by atoms with E-state index in [1.807, 2.05) is 29.2 Å². The second-order valence-electron chi connectivity index (χ2n) is 7.24. The Kier molecular flexibility index (Phi) is 6.05. The molecule has 30 heavy (non-hydrogen) atoms. The maximum atomic E-state index is 13.5. The topological polar surface area (TPSA) is 82.8 Å². The third-order valence-electron chi connectivity index (χ3n) is 5.22. The third kappa shape index (κ3) is 4.34. The van der Waals surface area contributed by atoms with E-state index in [0.717, 1.165) is 23.4 Å². The van der Waals surface area contributed by atoms with Crippen LogP contribution in [0.4, 0.5) is 0 Å². The number of thioether (sulfide) groups is 1. The molecule has 0 saturated carbocycles. The molecule has 1 aliphatic rings. The van der Waals surface area contributed by atoms with Gasteiger partial charge in [0.15, 0.2) is 5.82 Å². The van der Waals surface area contributed by atoms with Crippen LogP contribution in [0.3, 0.4) is 0 Å². The van der Waals surface area contributed by atoms with Crippen molar-refractivity contribution >= 4 is 17.7 Å². The average Bonchev–Trinajstić information content (AvgIpc) is 2.80. The van der Waals surface area contributed by atoms with Gasteiger partial charge in [-0.05, 0) is 44.0 Å². The Bertz CT molecular complexity index is 1080. The van der Waals surface area contributed by atoms with Crippen molar-refractivity contribution in [3.8, 4) is 17.5 Å². The Hall–Kier alpha value is -3.24. The van der Waals surface area contributed by atoms with Crippen LogP contribution < -0.4 is 0 Å². The first kappa shape index (κ1) is 20.0. The number of aromatic nitrogens is 3. The van der Waals surface area contributed by atoms with Gasteiger partial charge in [-0.1, -0.05) is 18.2 Å². The molecule has 1 aliphatic heterocycles. The van der Waals surface area contributed by atoms with Crippen molar-refractivity contribution in [3.63, 3.8) is 0 Å². The summed E-state index contributed by atoms with van der Waals surface area (Å²) >= 11 is 1.63. The molecule has 2 aromatic heterocycles. The highest BCUT2D eigenvalue weighted by Crippen LogP contribution is 2.32. The van der Waals surface area contributed by atoms with Gasteiger partial charge in [0.1, 0.15) is 0 Å². The lowest BCUT2D eigenvalue weighted by atomic mass is 9.99. The lowest BCUT2D eigenvalue weighted by molar-refractivity contribution is 0.0643. The van der Waals surface area contributed by atoms with Crippen LogP contribution in [-0.4, -0.2) is 43.6 Å². The molecule has 2 atom stereocenters. The summed E-state index contributed by atoms with van der Waals surface area (Å²) in [6.07, 6.45) is 6.94. The number of hydrogen-bond acceptors (Lipinski definition) is 6. The third-order valence-corrected chi connectivity index (χ3v) is 6.40. The monoisotopic (exact) mass is 415 g/mol. The van der Waals surface area contributed by atoms with Gasteiger partial charge >= 0.3 is 0 Å². The zero-order valence-electron chi connectivity index (χ0n) is 16.6. The molecule has 1 saturated heterocycles. The van der Waals surface area contributed by atoms with Crippen LogP contribution in [0.25, 0.3) is 11.4 Å². The molecule has 0 bridgehead atoms. The fourth-order valence-electron chi connectivity index (χ4n) is 3.62. The van der Waals surface area contributed by atoms with Crippen molar-refractivity contribution in [1.82, 2.24) is 19.9 Å². The maximum Gasteiger partial charge on any atom is 0.254 e. The smallest absolute Gasteiger partial charge is 0.254 e. The molecule has 7 heteroatoms. The van der Waals surface area contributed by atoms with Crippen molar-refractivity contribution < 1.29 is 4.79 Å². The van der Waals surface area contributed by atoms with Gasteiger partial charge in [0, 0.05) is 42.0 Å². The number of rotatable bonds is 4. The lowest BCUT2D eigenvalue weighted by Crippen LogP contribution is -2.46. The van der Waals surface area contributed by atoms with Gasteiger partial charge in [-0.2, -0.15) is 5.26 Å². The zero-order valence-corrected chi connectivity index (χ0v) is 17.4. The SMILES string of the molecule is C[C@@H]1CC[C@@H](Sc2cc(C#N)ccn2)CN1C(=O)c1ccccc1-c1ncccn1.